The summed E-state index contributed by atoms with van der Waals surface area (Å²) in [4.78, 5) is 11.4. The highest BCUT2D eigenvalue weighted by atomic mass is 16.1. The second-order valence-corrected chi connectivity index (χ2v) is 3.89. The van der Waals surface area contributed by atoms with Gasteiger partial charge in [0, 0.05) is 6.04 Å². The molecule has 1 saturated carbocycles. The van der Waals surface area contributed by atoms with E-state index in [1.54, 1.807) is 0 Å². The molecule has 14 heavy (non-hydrogen) atoms. The largest absolute Gasteiger partial charge is 0.352 e. The summed E-state index contributed by atoms with van der Waals surface area (Å²) in [6, 6.07) is 0.370. The SMILES string of the molecule is C#CCNCC(=O)NC1CCCC1C. The van der Waals surface area contributed by atoms with Crippen LogP contribution in [0.1, 0.15) is 26.2 Å². The number of hydrogen-bond acceptors (Lipinski definition) is 2. The van der Waals surface area contributed by atoms with Gasteiger partial charge in [-0.1, -0.05) is 19.3 Å². The normalized spacial score (nSPS) is 25.7. The van der Waals surface area contributed by atoms with Crippen LogP contribution in [-0.2, 0) is 4.79 Å². The number of nitrogens with one attached hydrogen (secondary N) is 2. The number of amides is 1. The van der Waals surface area contributed by atoms with Crippen molar-refractivity contribution >= 4 is 5.91 Å². The third kappa shape index (κ3) is 3.39. The molecule has 2 N–H and O–H groups in total. The summed E-state index contributed by atoms with van der Waals surface area (Å²) < 4.78 is 0. The van der Waals surface area contributed by atoms with Gasteiger partial charge in [0.05, 0.1) is 13.1 Å². The van der Waals surface area contributed by atoms with Gasteiger partial charge in [-0.2, -0.15) is 0 Å². The molecule has 1 amide bonds. The smallest absolute Gasteiger partial charge is 0.234 e. The summed E-state index contributed by atoms with van der Waals surface area (Å²) in [5.41, 5.74) is 0. The Labute approximate surface area is 85.6 Å². The first kappa shape index (κ1) is 11.1. The molecule has 2 atom stereocenters. The van der Waals surface area contributed by atoms with E-state index in [0.29, 0.717) is 25.0 Å². The third-order valence-corrected chi connectivity index (χ3v) is 2.72. The number of hydrogen-bond donors (Lipinski definition) is 2. The van der Waals surface area contributed by atoms with E-state index >= 15 is 0 Å². The minimum absolute atomic E-state index is 0.0546. The molecule has 1 aliphatic carbocycles. The first-order chi connectivity index (χ1) is 6.74. The molecule has 2 unspecified atom stereocenters. The van der Waals surface area contributed by atoms with Gasteiger partial charge in [-0.05, 0) is 18.8 Å². The van der Waals surface area contributed by atoms with Crippen LogP contribution in [0.25, 0.3) is 0 Å². The zero-order chi connectivity index (χ0) is 10.4. The van der Waals surface area contributed by atoms with Crippen molar-refractivity contribution < 1.29 is 4.79 Å². The summed E-state index contributed by atoms with van der Waals surface area (Å²) in [6.07, 6.45) is 8.62. The maximum absolute atomic E-state index is 11.4. The highest BCUT2D eigenvalue weighted by Gasteiger charge is 2.24. The van der Waals surface area contributed by atoms with Crippen molar-refractivity contribution in [2.24, 2.45) is 5.92 Å². The van der Waals surface area contributed by atoms with Crippen molar-refractivity contribution in [1.82, 2.24) is 10.6 Å². The lowest BCUT2D eigenvalue weighted by molar-refractivity contribution is -0.121. The summed E-state index contributed by atoms with van der Waals surface area (Å²) in [6.45, 7) is 2.97. The Balaban J connectivity index is 2.17. The molecule has 0 aromatic carbocycles. The van der Waals surface area contributed by atoms with Crippen molar-refractivity contribution in [3.8, 4) is 12.3 Å². The lowest BCUT2D eigenvalue weighted by Gasteiger charge is -2.17. The van der Waals surface area contributed by atoms with Gasteiger partial charge in [-0.15, -0.1) is 6.42 Å². The Bertz CT molecular complexity index is 232. The third-order valence-electron chi connectivity index (χ3n) is 2.72. The zero-order valence-electron chi connectivity index (χ0n) is 8.68. The Morgan fingerprint density at radius 3 is 2.93 bits per heavy atom. The Hall–Kier alpha value is -1.01. The van der Waals surface area contributed by atoms with Crippen LogP contribution in [0.5, 0.6) is 0 Å². The molecule has 3 nitrogen and oxygen atoms in total. The number of rotatable bonds is 4. The van der Waals surface area contributed by atoms with E-state index in [9.17, 15) is 4.79 Å². The second-order valence-electron chi connectivity index (χ2n) is 3.89. The second kappa shape index (κ2) is 5.66. The lowest BCUT2D eigenvalue weighted by Crippen LogP contribution is -2.41. The molecule has 0 heterocycles. The quantitative estimate of drug-likeness (QED) is 0.506. The molecule has 3 heteroatoms. The van der Waals surface area contributed by atoms with E-state index in [2.05, 4.69) is 23.5 Å². The average Bonchev–Trinajstić information content (AvgIpc) is 2.52. The van der Waals surface area contributed by atoms with Crippen LogP contribution in [0.3, 0.4) is 0 Å². The van der Waals surface area contributed by atoms with Crippen molar-refractivity contribution in [2.45, 2.75) is 32.2 Å². The Kier molecular flexibility index (Phi) is 4.48. The van der Waals surface area contributed by atoms with E-state index in [1.807, 2.05) is 0 Å². The van der Waals surface area contributed by atoms with Crippen LogP contribution < -0.4 is 10.6 Å². The monoisotopic (exact) mass is 194 g/mol. The van der Waals surface area contributed by atoms with Gasteiger partial charge in [0.2, 0.25) is 5.91 Å². The summed E-state index contributed by atoms with van der Waals surface area (Å²) in [5.74, 6) is 3.11. The highest BCUT2D eigenvalue weighted by Crippen LogP contribution is 2.24. The predicted octanol–water partition coefficient (Wildman–Crippen LogP) is 0.514. The summed E-state index contributed by atoms with van der Waals surface area (Å²) in [5, 5.41) is 5.89. The van der Waals surface area contributed by atoms with Gasteiger partial charge in [0.25, 0.3) is 0 Å². The average molecular weight is 194 g/mol. The van der Waals surface area contributed by atoms with Gasteiger partial charge < -0.3 is 5.32 Å². The van der Waals surface area contributed by atoms with Crippen LogP contribution in [0.15, 0.2) is 0 Å². The standard InChI is InChI=1S/C11H18N2O/c1-3-7-12-8-11(14)13-10-6-4-5-9(10)2/h1,9-10,12H,4-8H2,2H3,(H,13,14). The van der Waals surface area contributed by atoms with Crippen LogP contribution in [-0.4, -0.2) is 25.0 Å². The van der Waals surface area contributed by atoms with Crippen LogP contribution >= 0.6 is 0 Å². The molecule has 1 aliphatic rings. The fourth-order valence-electron chi connectivity index (χ4n) is 1.87. The minimum atomic E-state index is 0.0546. The van der Waals surface area contributed by atoms with Crippen molar-refractivity contribution in [3.05, 3.63) is 0 Å². The Morgan fingerprint density at radius 1 is 1.57 bits per heavy atom. The van der Waals surface area contributed by atoms with Crippen LogP contribution in [0.2, 0.25) is 0 Å². The molecule has 0 bridgehead atoms. The first-order valence-electron chi connectivity index (χ1n) is 5.17. The summed E-state index contributed by atoms with van der Waals surface area (Å²) in [7, 11) is 0. The van der Waals surface area contributed by atoms with E-state index in [-0.39, 0.29) is 5.91 Å². The topological polar surface area (TPSA) is 41.1 Å². The molecule has 0 aliphatic heterocycles. The number of terminal acetylenes is 1. The fraction of sp³-hybridized carbons (Fsp3) is 0.727. The maximum Gasteiger partial charge on any atom is 0.234 e. The Morgan fingerprint density at radius 2 is 2.36 bits per heavy atom. The molecule has 1 rings (SSSR count). The molecule has 78 valence electrons. The number of carbonyl (C=O) groups excluding carboxylic acids is 1. The molecule has 0 radical (unpaired) electrons. The lowest BCUT2D eigenvalue weighted by atomic mass is 10.1. The molecular formula is C11H18N2O. The highest BCUT2D eigenvalue weighted by molar-refractivity contribution is 5.78. The molecule has 1 fully saturated rings. The molecule has 0 spiro atoms. The molecular weight excluding hydrogens is 176 g/mol. The van der Waals surface area contributed by atoms with Crippen molar-refractivity contribution in [3.63, 3.8) is 0 Å². The van der Waals surface area contributed by atoms with E-state index in [4.69, 9.17) is 6.42 Å². The maximum atomic E-state index is 11.4. The van der Waals surface area contributed by atoms with Crippen molar-refractivity contribution in [1.29, 1.82) is 0 Å². The van der Waals surface area contributed by atoms with Crippen molar-refractivity contribution in [2.75, 3.05) is 13.1 Å². The van der Waals surface area contributed by atoms with Gasteiger partial charge >= 0.3 is 0 Å². The van der Waals surface area contributed by atoms with Crippen LogP contribution in [0, 0.1) is 18.3 Å². The minimum Gasteiger partial charge on any atom is -0.352 e. The van der Waals surface area contributed by atoms with Gasteiger partial charge in [0.1, 0.15) is 0 Å². The molecule has 0 aromatic rings. The van der Waals surface area contributed by atoms with E-state index < -0.39 is 0 Å². The number of carbonyl (C=O) groups is 1. The fourth-order valence-corrected chi connectivity index (χ4v) is 1.87. The van der Waals surface area contributed by atoms with Gasteiger partial charge in [-0.3, -0.25) is 10.1 Å². The van der Waals surface area contributed by atoms with E-state index in [0.717, 1.165) is 6.42 Å². The van der Waals surface area contributed by atoms with E-state index in [1.165, 1.54) is 12.8 Å². The molecule has 0 saturated heterocycles. The zero-order valence-corrected chi connectivity index (χ0v) is 8.68. The van der Waals surface area contributed by atoms with Gasteiger partial charge in [0.15, 0.2) is 0 Å². The van der Waals surface area contributed by atoms with Crippen LogP contribution in [0.4, 0.5) is 0 Å². The predicted molar refractivity (Wildman–Crippen MR) is 56.6 cm³/mol. The van der Waals surface area contributed by atoms with Gasteiger partial charge in [-0.25, -0.2) is 0 Å². The molecule has 0 aromatic heterocycles. The first-order valence-corrected chi connectivity index (χ1v) is 5.17. The summed E-state index contributed by atoms with van der Waals surface area (Å²) >= 11 is 0.